The molecule has 4 nitrogen and oxygen atoms in total. The summed E-state index contributed by atoms with van der Waals surface area (Å²) in [6.45, 7) is 3.97. The molecule has 2 rings (SSSR count). The van der Waals surface area contributed by atoms with Crippen LogP contribution < -0.4 is 10.6 Å². The number of hydrogen-bond donors (Lipinski definition) is 1. The van der Waals surface area contributed by atoms with E-state index in [0.29, 0.717) is 16.6 Å². The van der Waals surface area contributed by atoms with Gasteiger partial charge in [0, 0.05) is 28.9 Å². The standard InChI is InChI=1S/C15H18ClN3OS/c1-10(2)19(13-6-3-11(16)4-7-13)14(20)8-5-12-9-21-15(17)18-12/h3-7,10H,8-9H2,1-2H3,(H2,17,18). The molecule has 1 aliphatic heterocycles. The molecule has 0 atom stereocenters. The van der Waals surface area contributed by atoms with Crippen LogP contribution in [0.1, 0.15) is 20.3 Å². The molecule has 0 aromatic heterocycles. The lowest BCUT2D eigenvalue weighted by Gasteiger charge is -2.26. The summed E-state index contributed by atoms with van der Waals surface area (Å²) in [7, 11) is 0. The molecule has 6 heteroatoms. The minimum absolute atomic E-state index is 0.0329. The van der Waals surface area contributed by atoms with Gasteiger partial charge in [0.1, 0.15) is 0 Å². The summed E-state index contributed by atoms with van der Waals surface area (Å²) in [5.41, 5.74) is 7.32. The number of amidine groups is 1. The zero-order chi connectivity index (χ0) is 15.4. The van der Waals surface area contributed by atoms with E-state index in [-0.39, 0.29) is 11.9 Å². The lowest BCUT2D eigenvalue weighted by molar-refractivity contribution is -0.118. The zero-order valence-corrected chi connectivity index (χ0v) is 13.6. The summed E-state index contributed by atoms with van der Waals surface area (Å²) >= 11 is 7.38. The van der Waals surface area contributed by atoms with Gasteiger partial charge < -0.3 is 10.6 Å². The number of benzene rings is 1. The molecule has 1 amide bonds. The van der Waals surface area contributed by atoms with Crippen LogP contribution in [0.3, 0.4) is 0 Å². The first-order chi connectivity index (χ1) is 9.97. The van der Waals surface area contributed by atoms with Gasteiger partial charge in [0.2, 0.25) is 5.91 Å². The van der Waals surface area contributed by atoms with Gasteiger partial charge in [-0.15, -0.1) is 0 Å². The van der Waals surface area contributed by atoms with Crippen molar-refractivity contribution < 1.29 is 4.79 Å². The third-order valence-electron chi connectivity index (χ3n) is 3.02. The van der Waals surface area contributed by atoms with Gasteiger partial charge in [-0.3, -0.25) is 4.79 Å². The molecular weight excluding hydrogens is 306 g/mol. The maximum Gasteiger partial charge on any atom is 0.231 e. The Balaban J connectivity index is 2.11. The maximum absolute atomic E-state index is 12.5. The van der Waals surface area contributed by atoms with E-state index in [2.05, 4.69) is 4.99 Å². The first-order valence-electron chi connectivity index (χ1n) is 6.71. The van der Waals surface area contributed by atoms with Gasteiger partial charge in [0.25, 0.3) is 0 Å². The van der Waals surface area contributed by atoms with Crippen molar-refractivity contribution in [3.05, 3.63) is 41.1 Å². The number of rotatable bonds is 4. The van der Waals surface area contributed by atoms with Crippen LogP contribution >= 0.6 is 23.4 Å². The van der Waals surface area contributed by atoms with Gasteiger partial charge in [-0.05, 0) is 38.1 Å². The molecule has 1 aliphatic rings. The fourth-order valence-corrected chi connectivity index (χ4v) is 2.88. The molecule has 1 heterocycles. The highest BCUT2D eigenvalue weighted by Crippen LogP contribution is 2.22. The van der Waals surface area contributed by atoms with Gasteiger partial charge >= 0.3 is 0 Å². The number of amides is 1. The molecule has 1 aromatic carbocycles. The van der Waals surface area contributed by atoms with E-state index in [1.165, 1.54) is 11.8 Å². The predicted octanol–water partition coefficient (Wildman–Crippen LogP) is 3.42. The first kappa shape index (κ1) is 15.9. The van der Waals surface area contributed by atoms with Crippen LogP contribution in [-0.4, -0.2) is 22.9 Å². The van der Waals surface area contributed by atoms with Crippen molar-refractivity contribution in [3.63, 3.8) is 0 Å². The number of thioether (sulfide) groups is 1. The summed E-state index contributed by atoms with van der Waals surface area (Å²) in [4.78, 5) is 18.4. The molecule has 0 saturated carbocycles. The molecular formula is C15H18ClN3OS. The van der Waals surface area contributed by atoms with Crippen LogP contribution in [-0.2, 0) is 4.79 Å². The highest BCUT2D eigenvalue weighted by Gasteiger charge is 2.18. The molecule has 2 N–H and O–H groups in total. The minimum atomic E-state index is 0.0329. The number of nitrogens with zero attached hydrogens (tertiary/aromatic N) is 2. The minimum Gasteiger partial charge on any atom is -0.378 e. The van der Waals surface area contributed by atoms with Gasteiger partial charge in [-0.1, -0.05) is 29.4 Å². The number of anilines is 1. The van der Waals surface area contributed by atoms with E-state index in [4.69, 9.17) is 17.3 Å². The van der Waals surface area contributed by atoms with Gasteiger partial charge in [0.15, 0.2) is 5.17 Å². The first-order valence-corrected chi connectivity index (χ1v) is 8.07. The van der Waals surface area contributed by atoms with Crippen molar-refractivity contribution >= 4 is 40.1 Å². The Morgan fingerprint density at radius 2 is 2.14 bits per heavy atom. The zero-order valence-electron chi connectivity index (χ0n) is 12.0. The van der Waals surface area contributed by atoms with E-state index in [9.17, 15) is 4.79 Å². The molecule has 0 saturated heterocycles. The van der Waals surface area contributed by atoms with Crippen LogP contribution in [0.5, 0.6) is 0 Å². The summed E-state index contributed by atoms with van der Waals surface area (Å²) in [6.07, 6.45) is 2.16. The second-order valence-electron chi connectivity index (χ2n) is 4.97. The van der Waals surface area contributed by atoms with Gasteiger partial charge in [-0.25, -0.2) is 4.99 Å². The third-order valence-corrected chi connectivity index (χ3v) is 4.10. The molecule has 1 aromatic rings. The molecule has 0 aliphatic carbocycles. The van der Waals surface area contributed by atoms with Crippen molar-refractivity contribution in [1.82, 2.24) is 0 Å². The average molecular weight is 324 g/mol. The molecule has 0 bridgehead atoms. The fraction of sp³-hybridized carbons (Fsp3) is 0.333. The highest BCUT2D eigenvalue weighted by atomic mass is 35.5. The number of halogens is 1. The largest absolute Gasteiger partial charge is 0.378 e. The van der Waals surface area contributed by atoms with Crippen molar-refractivity contribution in [1.29, 1.82) is 0 Å². The lowest BCUT2D eigenvalue weighted by Crippen LogP contribution is -2.36. The van der Waals surface area contributed by atoms with Crippen molar-refractivity contribution in [3.8, 4) is 0 Å². The van der Waals surface area contributed by atoms with E-state index < -0.39 is 0 Å². The smallest absolute Gasteiger partial charge is 0.231 e. The lowest BCUT2D eigenvalue weighted by atomic mass is 10.2. The number of aliphatic imine (C=N–C) groups is 1. The summed E-state index contributed by atoms with van der Waals surface area (Å²) in [5, 5.41) is 1.22. The van der Waals surface area contributed by atoms with E-state index in [1.54, 1.807) is 17.0 Å². The van der Waals surface area contributed by atoms with Crippen molar-refractivity contribution in [2.75, 3.05) is 10.7 Å². The summed E-state index contributed by atoms with van der Waals surface area (Å²) in [6, 6.07) is 7.36. The second-order valence-corrected chi connectivity index (χ2v) is 6.40. The normalized spacial score (nSPS) is 16.4. The van der Waals surface area contributed by atoms with Gasteiger partial charge in [0.05, 0.1) is 5.70 Å². The molecule has 21 heavy (non-hydrogen) atoms. The maximum atomic E-state index is 12.5. The Morgan fingerprint density at radius 1 is 1.48 bits per heavy atom. The summed E-state index contributed by atoms with van der Waals surface area (Å²) in [5.74, 6) is 0.771. The predicted molar refractivity (Wildman–Crippen MR) is 90.9 cm³/mol. The second kappa shape index (κ2) is 7.00. The van der Waals surface area contributed by atoms with Crippen LogP contribution in [0, 0.1) is 0 Å². The van der Waals surface area contributed by atoms with E-state index in [1.807, 2.05) is 32.1 Å². The summed E-state index contributed by atoms with van der Waals surface area (Å²) < 4.78 is 0. The van der Waals surface area contributed by atoms with E-state index in [0.717, 1.165) is 17.1 Å². The SMILES string of the molecule is CC(C)N(C(=O)CC=C1CSC(N)=N1)c1ccc(Cl)cc1. The quantitative estimate of drug-likeness (QED) is 0.923. The van der Waals surface area contributed by atoms with E-state index >= 15 is 0 Å². The number of carbonyl (C=O) groups excluding carboxylic acids is 1. The fourth-order valence-electron chi connectivity index (χ4n) is 2.09. The average Bonchev–Trinajstić information content (AvgIpc) is 2.84. The van der Waals surface area contributed by atoms with Crippen LogP contribution in [0.4, 0.5) is 5.69 Å². The highest BCUT2D eigenvalue weighted by molar-refractivity contribution is 8.14. The Bertz CT molecular complexity index is 581. The Labute approximate surface area is 134 Å². The molecule has 0 unspecified atom stereocenters. The topological polar surface area (TPSA) is 58.7 Å². The molecule has 0 spiro atoms. The van der Waals surface area contributed by atoms with Crippen LogP contribution in [0.15, 0.2) is 41.0 Å². The third kappa shape index (κ3) is 4.25. The Hall–Kier alpha value is -1.46. The monoisotopic (exact) mass is 323 g/mol. The number of nitrogens with two attached hydrogens (primary N) is 1. The number of carbonyl (C=O) groups is 1. The molecule has 0 fully saturated rings. The van der Waals surface area contributed by atoms with Crippen molar-refractivity contribution in [2.45, 2.75) is 26.3 Å². The van der Waals surface area contributed by atoms with Crippen LogP contribution in [0.25, 0.3) is 0 Å². The van der Waals surface area contributed by atoms with Crippen LogP contribution in [0.2, 0.25) is 5.02 Å². The Morgan fingerprint density at radius 3 is 2.67 bits per heavy atom. The number of hydrogen-bond acceptors (Lipinski definition) is 4. The van der Waals surface area contributed by atoms with Crippen molar-refractivity contribution in [2.24, 2.45) is 10.7 Å². The molecule has 0 radical (unpaired) electrons. The Kier molecular flexibility index (Phi) is 5.31. The van der Waals surface area contributed by atoms with Gasteiger partial charge in [-0.2, -0.15) is 0 Å². The molecule has 112 valence electrons.